The Labute approximate surface area is 145 Å². The molecule has 0 fully saturated rings. The monoisotopic (exact) mass is 338 g/mol. The minimum Gasteiger partial charge on any atom is -0.325 e. The maximum absolute atomic E-state index is 12.0. The Bertz CT molecular complexity index is 769. The predicted molar refractivity (Wildman–Crippen MR) is 99.7 cm³/mol. The first kappa shape index (κ1) is 16.4. The summed E-state index contributed by atoms with van der Waals surface area (Å²) in [5, 5.41) is 12.1. The van der Waals surface area contributed by atoms with Crippen molar-refractivity contribution in [1.29, 1.82) is 0 Å². The summed E-state index contributed by atoms with van der Waals surface area (Å²) >= 11 is 1.43. The molecule has 5 nitrogen and oxygen atoms in total. The number of pyridine rings is 1. The fourth-order valence-electron chi connectivity index (χ4n) is 2.28. The molecule has 3 rings (SSSR count). The second-order valence-electron chi connectivity index (χ2n) is 5.34. The van der Waals surface area contributed by atoms with E-state index in [1.807, 2.05) is 36.4 Å². The molecule has 1 aromatic carbocycles. The lowest BCUT2D eigenvalue weighted by atomic mass is 10.1. The number of aryl methyl sites for hydroxylation is 1. The number of carbonyl (C=O) groups is 1. The number of aromatic nitrogens is 1. The Kier molecular flexibility index (Phi) is 5.38. The summed E-state index contributed by atoms with van der Waals surface area (Å²) in [4.78, 5) is 16.0. The van der Waals surface area contributed by atoms with E-state index in [1.165, 1.54) is 17.3 Å². The zero-order valence-electron chi connectivity index (χ0n) is 13.4. The van der Waals surface area contributed by atoms with E-state index in [0.717, 1.165) is 28.4 Å². The fraction of sp³-hybridized carbons (Fsp3) is 0.222. The first-order chi connectivity index (χ1) is 11.7. The zero-order chi connectivity index (χ0) is 16.8. The third-order valence-corrected chi connectivity index (χ3v) is 4.60. The van der Waals surface area contributed by atoms with Crippen molar-refractivity contribution in [3.63, 3.8) is 0 Å². The van der Waals surface area contributed by atoms with Crippen LogP contribution in [0.2, 0.25) is 0 Å². The highest BCUT2D eigenvalue weighted by Gasteiger charge is 2.16. The maximum Gasteiger partial charge on any atom is 0.234 e. The molecule has 6 heteroatoms. The van der Waals surface area contributed by atoms with E-state index in [9.17, 15) is 4.79 Å². The Morgan fingerprint density at radius 1 is 1.12 bits per heavy atom. The van der Waals surface area contributed by atoms with Crippen molar-refractivity contribution in [2.75, 3.05) is 11.1 Å². The van der Waals surface area contributed by atoms with Gasteiger partial charge in [-0.3, -0.25) is 9.78 Å². The van der Waals surface area contributed by atoms with Crippen molar-refractivity contribution >= 4 is 34.1 Å². The molecule has 0 aliphatic carbocycles. The Balaban J connectivity index is 1.46. The van der Waals surface area contributed by atoms with Gasteiger partial charge in [0.1, 0.15) is 5.04 Å². The van der Waals surface area contributed by atoms with Crippen LogP contribution in [0.4, 0.5) is 5.69 Å². The average molecular weight is 338 g/mol. The molecule has 0 atom stereocenters. The number of nitrogens with one attached hydrogen (secondary N) is 1. The minimum absolute atomic E-state index is 0.0377. The van der Waals surface area contributed by atoms with Crippen molar-refractivity contribution in [3.8, 4) is 0 Å². The Morgan fingerprint density at radius 3 is 2.58 bits per heavy atom. The summed E-state index contributed by atoms with van der Waals surface area (Å²) < 4.78 is 0. The lowest BCUT2D eigenvalue weighted by Crippen LogP contribution is -2.15. The summed E-state index contributed by atoms with van der Waals surface area (Å²) in [6.07, 6.45) is 5.12. The molecule has 0 saturated carbocycles. The van der Waals surface area contributed by atoms with Crippen LogP contribution in [0.15, 0.2) is 59.0 Å². The number of carbonyl (C=O) groups excluding carboxylic acids is 1. The molecule has 1 aliphatic rings. The van der Waals surface area contributed by atoms with Gasteiger partial charge in [0.15, 0.2) is 0 Å². The van der Waals surface area contributed by atoms with Crippen molar-refractivity contribution < 1.29 is 4.79 Å². The van der Waals surface area contributed by atoms with Crippen molar-refractivity contribution in [2.24, 2.45) is 10.2 Å². The zero-order valence-corrected chi connectivity index (χ0v) is 14.2. The largest absolute Gasteiger partial charge is 0.325 e. The molecule has 1 aromatic heterocycles. The number of rotatable bonds is 5. The number of benzene rings is 1. The van der Waals surface area contributed by atoms with E-state index in [2.05, 4.69) is 27.4 Å². The Hall–Kier alpha value is -2.47. The minimum atomic E-state index is -0.0377. The number of nitrogens with zero attached hydrogens (tertiary/aromatic N) is 3. The van der Waals surface area contributed by atoms with Crippen LogP contribution in [0.25, 0.3) is 0 Å². The van der Waals surface area contributed by atoms with E-state index >= 15 is 0 Å². The molecule has 0 spiro atoms. The van der Waals surface area contributed by atoms with Crippen LogP contribution < -0.4 is 5.32 Å². The van der Waals surface area contributed by atoms with Crippen LogP contribution in [0.3, 0.4) is 0 Å². The number of amides is 1. The highest BCUT2D eigenvalue weighted by atomic mass is 32.2. The number of anilines is 1. The summed E-state index contributed by atoms with van der Waals surface area (Å²) in [6.45, 7) is 2.11. The average Bonchev–Trinajstić information content (AvgIpc) is 3.10. The van der Waals surface area contributed by atoms with E-state index in [1.54, 1.807) is 12.4 Å². The lowest BCUT2D eigenvalue weighted by Gasteiger charge is -2.06. The molecular formula is C18H18N4OS. The van der Waals surface area contributed by atoms with Crippen molar-refractivity contribution in [2.45, 2.75) is 19.8 Å². The van der Waals surface area contributed by atoms with E-state index in [4.69, 9.17) is 0 Å². The lowest BCUT2D eigenvalue weighted by molar-refractivity contribution is -0.113. The molecule has 1 aliphatic heterocycles. The quantitative estimate of drug-likeness (QED) is 0.907. The summed E-state index contributed by atoms with van der Waals surface area (Å²) in [7, 11) is 0. The molecular weight excluding hydrogens is 320 g/mol. The highest BCUT2D eigenvalue weighted by Crippen LogP contribution is 2.19. The third kappa shape index (κ3) is 4.29. The number of thioether (sulfide) groups is 1. The van der Waals surface area contributed by atoms with Gasteiger partial charge in [-0.25, -0.2) is 0 Å². The van der Waals surface area contributed by atoms with Gasteiger partial charge in [-0.15, -0.1) is 5.10 Å². The molecule has 0 radical (unpaired) electrons. The van der Waals surface area contributed by atoms with Gasteiger partial charge in [-0.1, -0.05) is 30.8 Å². The molecule has 0 unspecified atom stereocenters. The van der Waals surface area contributed by atoms with Gasteiger partial charge >= 0.3 is 0 Å². The standard InChI is InChI=1S/C18H18N4OS/c1-2-13-3-5-15(6-4-13)20-17(23)12-24-18-11-16(21-22-18)14-7-9-19-10-8-14/h3-10H,2,11-12H2,1H3,(H,20,23). The van der Waals surface area contributed by atoms with Crippen molar-refractivity contribution in [3.05, 3.63) is 59.9 Å². The Morgan fingerprint density at radius 2 is 1.88 bits per heavy atom. The van der Waals surface area contributed by atoms with Gasteiger partial charge in [0.25, 0.3) is 0 Å². The summed E-state index contributed by atoms with van der Waals surface area (Å²) in [6, 6.07) is 11.7. The van der Waals surface area contributed by atoms with Crippen LogP contribution in [0.1, 0.15) is 24.5 Å². The highest BCUT2D eigenvalue weighted by molar-refractivity contribution is 8.14. The molecule has 2 aromatic rings. The van der Waals surface area contributed by atoms with E-state index < -0.39 is 0 Å². The molecule has 1 amide bonds. The molecule has 0 bridgehead atoms. The van der Waals surface area contributed by atoms with Gasteiger partial charge in [-0.05, 0) is 36.2 Å². The van der Waals surface area contributed by atoms with Crippen molar-refractivity contribution in [1.82, 2.24) is 4.98 Å². The van der Waals surface area contributed by atoms with Gasteiger partial charge < -0.3 is 5.32 Å². The smallest absolute Gasteiger partial charge is 0.234 e. The van der Waals surface area contributed by atoms with Crippen LogP contribution in [-0.4, -0.2) is 27.4 Å². The normalized spacial score (nSPS) is 13.4. The predicted octanol–water partition coefficient (Wildman–Crippen LogP) is 3.52. The second kappa shape index (κ2) is 7.88. The summed E-state index contributed by atoms with van der Waals surface area (Å²) in [5.74, 6) is 0.289. The number of hydrogen-bond donors (Lipinski definition) is 1. The first-order valence-electron chi connectivity index (χ1n) is 7.80. The van der Waals surface area contributed by atoms with Gasteiger partial charge in [0.2, 0.25) is 5.91 Å². The van der Waals surface area contributed by atoms with Crippen LogP contribution in [0, 0.1) is 0 Å². The molecule has 24 heavy (non-hydrogen) atoms. The van der Waals surface area contributed by atoms with Crippen LogP contribution >= 0.6 is 11.8 Å². The molecule has 1 N–H and O–H groups in total. The topological polar surface area (TPSA) is 66.7 Å². The van der Waals surface area contributed by atoms with Crippen LogP contribution in [0.5, 0.6) is 0 Å². The van der Waals surface area contributed by atoms with Gasteiger partial charge in [0.05, 0.1) is 11.5 Å². The molecule has 122 valence electrons. The summed E-state index contributed by atoms with van der Waals surface area (Å²) in [5.41, 5.74) is 4.00. The van der Waals surface area contributed by atoms with Gasteiger partial charge in [0, 0.05) is 30.1 Å². The SMILES string of the molecule is CCc1ccc(NC(=O)CSC2=NN=C(c3ccncc3)C2)cc1. The molecule has 2 heterocycles. The third-order valence-electron chi connectivity index (χ3n) is 3.63. The van der Waals surface area contributed by atoms with E-state index in [0.29, 0.717) is 12.2 Å². The second-order valence-corrected chi connectivity index (χ2v) is 6.39. The number of hydrogen-bond acceptors (Lipinski definition) is 5. The maximum atomic E-state index is 12.0. The first-order valence-corrected chi connectivity index (χ1v) is 8.78. The van der Waals surface area contributed by atoms with Gasteiger partial charge in [-0.2, -0.15) is 5.10 Å². The van der Waals surface area contributed by atoms with Crippen LogP contribution in [-0.2, 0) is 11.2 Å². The van der Waals surface area contributed by atoms with E-state index in [-0.39, 0.29) is 5.91 Å². The molecule has 0 saturated heterocycles. The fourth-order valence-corrected chi connectivity index (χ4v) is 2.99.